The summed E-state index contributed by atoms with van der Waals surface area (Å²) in [5, 5.41) is 19.9. The molecule has 112 valence electrons. The third kappa shape index (κ3) is 2.65. The number of halogens is 3. The van der Waals surface area contributed by atoms with Gasteiger partial charge in [0, 0.05) is 0 Å². The van der Waals surface area contributed by atoms with E-state index < -0.39 is 42.5 Å². The molecule has 5 atom stereocenters. The van der Waals surface area contributed by atoms with Gasteiger partial charge in [-0.25, -0.2) is 0 Å². The van der Waals surface area contributed by atoms with E-state index in [1.54, 1.807) is 12.2 Å². The summed E-state index contributed by atoms with van der Waals surface area (Å²) in [4.78, 5) is 23.1. The molecule has 1 fully saturated rings. The molecule has 2 bridgehead atoms. The van der Waals surface area contributed by atoms with Crippen LogP contribution in [0, 0.1) is 23.7 Å². The normalized spacial score (nSPS) is 33.2. The lowest BCUT2D eigenvalue weighted by Gasteiger charge is -2.24. The molecule has 0 aromatic heterocycles. The fourth-order valence-corrected chi connectivity index (χ4v) is 2.95. The zero-order valence-corrected chi connectivity index (χ0v) is 10.3. The standard InChI is InChI=1S/C12H14F3NO4/c13-12(14,15)7(17)4-16-10(18)8-5-1-2-6(3-5)9(8)11(19)20/h1-2,5-9,17H,3-4H2,(H,16,18)(H,19,20). The molecule has 0 aromatic carbocycles. The van der Waals surface area contributed by atoms with Gasteiger partial charge < -0.3 is 15.5 Å². The number of fused-ring (bicyclic) bond motifs is 2. The third-order valence-corrected chi connectivity index (χ3v) is 3.89. The fraction of sp³-hybridized carbons (Fsp3) is 0.667. The topological polar surface area (TPSA) is 86.6 Å². The molecule has 2 aliphatic rings. The highest BCUT2D eigenvalue weighted by Gasteiger charge is 2.51. The summed E-state index contributed by atoms with van der Waals surface area (Å²) in [5.41, 5.74) is 0. The summed E-state index contributed by atoms with van der Waals surface area (Å²) < 4.78 is 36.4. The van der Waals surface area contributed by atoms with Crippen LogP contribution in [0.5, 0.6) is 0 Å². The van der Waals surface area contributed by atoms with Crippen LogP contribution in [0.25, 0.3) is 0 Å². The second kappa shape index (κ2) is 5.08. The predicted molar refractivity (Wildman–Crippen MR) is 60.4 cm³/mol. The molecular formula is C12H14F3NO4. The first-order valence-electron chi connectivity index (χ1n) is 6.15. The Balaban J connectivity index is 1.99. The molecule has 1 saturated carbocycles. The van der Waals surface area contributed by atoms with Crippen LogP contribution in [0.4, 0.5) is 13.2 Å². The van der Waals surface area contributed by atoms with Gasteiger partial charge in [0.25, 0.3) is 0 Å². The number of aliphatic hydroxyl groups excluding tert-OH is 1. The van der Waals surface area contributed by atoms with Crippen molar-refractivity contribution in [3.63, 3.8) is 0 Å². The Morgan fingerprint density at radius 3 is 2.30 bits per heavy atom. The first-order chi connectivity index (χ1) is 9.21. The van der Waals surface area contributed by atoms with Gasteiger partial charge in [-0.2, -0.15) is 13.2 Å². The van der Waals surface area contributed by atoms with E-state index in [4.69, 9.17) is 10.2 Å². The van der Waals surface area contributed by atoms with E-state index in [0.29, 0.717) is 6.42 Å². The molecule has 3 N–H and O–H groups in total. The number of aliphatic carboxylic acids is 1. The molecular weight excluding hydrogens is 279 g/mol. The van der Waals surface area contributed by atoms with Gasteiger partial charge in [0.2, 0.25) is 5.91 Å². The van der Waals surface area contributed by atoms with E-state index in [2.05, 4.69) is 0 Å². The van der Waals surface area contributed by atoms with Crippen LogP contribution in [0.1, 0.15) is 6.42 Å². The summed E-state index contributed by atoms with van der Waals surface area (Å²) in [5.74, 6) is -4.17. The predicted octanol–water partition coefficient (Wildman–Crippen LogP) is 0.549. The van der Waals surface area contributed by atoms with Gasteiger partial charge in [0.15, 0.2) is 6.10 Å². The van der Waals surface area contributed by atoms with Gasteiger partial charge in [0.05, 0.1) is 18.4 Å². The van der Waals surface area contributed by atoms with Gasteiger partial charge >= 0.3 is 12.1 Å². The molecule has 0 spiro atoms. The number of rotatable bonds is 4. The van der Waals surface area contributed by atoms with E-state index >= 15 is 0 Å². The monoisotopic (exact) mass is 293 g/mol. The van der Waals surface area contributed by atoms with Gasteiger partial charge in [-0.15, -0.1) is 0 Å². The highest BCUT2D eigenvalue weighted by atomic mass is 19.4. The Morgan fingerprint density at radius 1 is 1.25 bits per heavy atom. The third-order valence-electron chi connectivity index (χ3n) is 3.89. The summed E-state index contributed by atoms with van der Waals surface area (Å²) in [6.45, 7) is -0.966. The summed E-state index contributed by atoms with van der Waals surface area (Å²) in [6, 6.07) is 0. The van der Waals surface area contributed by atoms with Gasteiger partial charge in [-0.05, 0) is 18.3 Å². The first kappa shape index (κ1) is 14.8. The maximum atomic E-state index is 12.1. The highest BCUT2D eigenvalue weighted by molar-refractivity contribution is 5.86. The number of carboxylic acid groups (broad SMARTS) is 1. The van der Waals surface area contributed by atoms with Crippen molar-refractivity contribution in [1.29, 1.82) is 0 Å². The quantitative estimate of drug-likeness (QED) is 0.661. The van der Waals surface area contributed by atoms with Crippen molar-refractivity contribution in [2.24, 2.45) is 23.7 Å². The minimum absolute atomic E-state index is 0.249. The number of carbonyl (C=O) groups excluding carboxylic acids is 1. The SMILES string of the molecule is O=C(O)C1C2C=CC(C2)C1C(=O)NCC(O)C(F)(F)F. The van der Waals surface area contributed by atoms with Gasteiger partial charge in [-0.3, -0.25) is 9.59 Å². The summed E-state index contributed by atoms with van der Waals surface area (Å²) in [7, 11) is 0. The zero-order valence-electron chi connectivity index (χ0n) is 10.3. The maximum Gasteiger partial charge on any atom is 0.416 e. The van der Waals surface area contributed by atoms with E-state index in [1.807, 2.05) is 5.32 Å². The Morgan fingerprint density at radius 2 is 1.80 bits per heavy atom. The number of allylic oxidation sites excluding steroid dienone is 2. The average molecular weight is 293 g/mol. The zero-order chi connectivity index (χ0) is 15.1. The molecule has 1 amide bonds. The average Bonchev–Trinajstić information content (AvgIpc) is 2.93. The number of amides is 1. The molecule has 2 aliphatic carbocycles. The molecule has 5 nitrogen and oxygen atoms in total. The first-order valence-corrected chi connectivity index (χ1v) is 6.15. The van der Waals surface area contributed by atoms with Crippen LogP contribution in [0.2, 0.25) is 0 Å². The number of nitrogens with one attached hydrogen (secondary N) is 1. The van der Waals surface area contributed by atoms with Crippen molar-refractivity contribution in [1.82, 2.24) is 5.32 Å². The molecule has 0 heterocycles. The van der Waals surface area contributed by atoms with Gasteiger partial charge in [0.1, 0.15) is 0 Å². The van der Waals surface area contributed by atoms with Crippen molar-refractivity contribution in [3.05, 3.63) is 12.2 Å². The van der Waals surface area contributed by atoms with Crippen molar-refractivity contribution < 1.29 is 33.0 Å². The van der Waals surface area contributed by atoms with Crippen molar-refractivity contribution in [2.45, 2.75) is 18.7 Å². The van der Waals surface area contributed by atoms with Crippen LogP contribution in [0.15, 0.2) is 12.2 Å². The minimum Gasteiger partial charge on any atom is -0.481 e. The van der Waals surface area contributed by atoms with Crippen LogP contribution in [-0.2, 0) is 9.59 Å². The largest absolute Gasteiger partial charge is 0.481 e. The van der Waals surface area contributed by atoms with E-state index in [0.717, 1.165) is 0 Å². The molecule has 0 saturated heterocycles. The number of hydrogen-bond donors (Lipinski definition) is 3. The van der Waals surface area contributed by atoms with Crippen LogP contribution < -0.4 is 5.32 Å². The van der Waals surface area contributed by atoms with Gasteiger partial charge in [-0.1, -0.05) is 12.2 Å². The smallest absolute Gasteiger partial charge is 0.416 e. The Kier molecular flexibility index (Phi) is 3.77. The highest BCUT2D eigenvalue weighted by Crippen LogP contribution is 2.48. The van der Waals surface area contributed by atoms with E-state index in [9.17, 15) is 22.8 Å². The van der Waals surface area contributed by atoms with Crippen LogP contribution in [0.3, 0.4) is 0 Å². The fourth-order valence-electron chi connectivity index (χ4n) is 2.95. The molecule has 20 heavy (non-hydrogen) atoms. The Labute approximate surface area is 112 Å². The number of carbonyl (C=O) groups is 2. The molecule has 8 heteroatoms. The Bertz CT molecular complexity index is 448. The van der Waals surface area contributed by atoms with Crippen LogP contribution >= 0.6 is 0 Å². The maximum absolute atomic E-state index is 12.1. The second-order valence-corrected chi connectivity index (χ2v) is 5.14. The minimum atomic E-state index is -4.81. The van der Waals surface area contributed by atoms with Crippen LogP contribution in [-0.4, -0.2) is 40.9 Å². The lowest BCUT2D eigenvalue weighted by atomic mass is 9.82. The summed E-state index contributed by atoms with van der Waals surface area (Å²) in [6.07, 6.45) is -3.47. The lowest BCUT2D eigenvalue weighted by Crippen LogP contribution is -2.45. The van der Waals surface area contributed by atoms with E-state index in [-0.39, 0.29) is 11.8 Å². The number of aliphatic hydroxyl groups is 1. The molecule has 0 aliphatic heterocycles. The number of carboxylic acids is 1. The number of alkyl halides is 3. The van der Waals surface area contributed by atoms with E-state index in [1.165, 1.54) is 0 Å². The summed E-state index contributed by atoms with van der Waals surface area (Å²) >= 11 is 0. The number of hydrogen-bond acceptors (Lipinski definition) is 3. The van der Waals surface area contributed by atoms with Crippen molar-refractivity contribution >= 4 is 11.9 Å². The molecule has 2 rings (SSSR count). The van der Waals surface area contributed by atoms with Crippen molar-refractivity contribution in [3.8, 4) is 0 Å². The molecule has 0 aromatic rings. The lowest BCUT2D eigenvalue weighted by molar-refractivity contribution is -0.202. The molecule has 0 radical (unpaired) electrons. The second-order valence-electron chi connectivity index (χ2n) is 5.14. The Hall–Kier alpha value is -1.57. The van der Waals surface area contributed by atoms with Crippen molar-refractivity contribution in [2.75, 3.05) is 6.54 Å². The molecule has 5 unspecified atom stereocenters.